The van der Waals surface area contributed by atoms with Gasteiger partial charge in [-0.05, 0) is 0 Å². The quantitative estimate of drug-likeness (QED) is 0.657. The molecule has 2 heterocycles. The SMILES string of the molecule is O=C1C2=NC3CC=CCN3C2C(=O)c2ccccc21. The largest absolute Gasteiger partial charge is 0.292 e. The van der Waals surface area contributed by atoms with E-state index in [9.17, 15) is 9.59 Å². The molecule has 4 rings (SSSR count). The summed E-state index contributed by atoms with van der Waals surface area (Å²) in [5, 5.41) is 0. The van der Waals surface area contributed by atoms with Gasteiger partial charge in [0.25, 0.3) is 0 Å². The first kappa shape index (κ1) is 10.8. The number of Topliss-reactive ketones (excluding diaryl/α,β-unsaturated/α-hetero) is 2. The van der Waals surface area contributed by atoms with Gasteiger partial charge in [0, 0.05) is 24.1 Å². The number of fused-ring (bicyclic) bond motifs is 4. The van der Waals surface area contributed by atoms with Crippen molar-refractivity contribution >= 4 is 17.3 Å². The fourth-order valence-electron chi connectivity index (χ4n) is 3.10. The number of aliphatic imine (C=N–C) groups is 1. The summed E-state index contributed by atoms with van der Waals surface area (Å²) in [7, 11) is 0. The Bertz CT molecular complexity index is 660. The van der Waals surface area contributed by atoms with Crippen molar-refractivity contribution in [2.24, 2.45) is 4.99 Å². The third-order valence-corrected chi connectivity index (χ3v) is 4.01. The lowest BCUT2D eigenvalue weighted by Gasteiger charge is -2.31. The van der Waals surface area contributed by atoms with E-state index in [2.05, 4.69) is 11.1 Å². The van der Waals surface area contributed by atoms with Crippen molar-refractivity contribution in [2.75, 3.05) is 6.54 Å². The maximum atomic E-state index is 12.6. The van der Waals surface area contributed by atoms with Gasteiger partial charge in [0.2, 0.25) is 5.78 Å². The van der Waals surface area contributed by atoms with Crippen LogP contribution in [0.1, 0.15) is 27.1 Å². The molecule has 0 aromatic heterocycles. The highest BCUT2D eigenvalue weighted by molar-refractivity contribution is 6.55. The minimum atomic E-state index is -0.475. The van der Waals surface area contributed by atoms with Crippen LogP contribution in [0.15, 0.2) is 41.4 Å². The van der Waals surface area contributed by atoms with Crippen molar-refractivity contribution in [3.05, 3.63) is 47.5 Å². The summed E-state index contributed by atoms with van der Waals surface area (Å²) in [6.07, 6.45) is 4.82. The maximum absolute atomic E-state index is 12.6. The summed E-state index contributed by atoms with van der Waals surface area (Å²) in [4.78, 5) is 31.6. The first-order valence-corrected chi connectivity index (χ1v) is 6.44. The van der Waals surface area contributed by atoms with Crippen LogP contribution < -0.4 is 0 Å². The lowest BCUT2D eigenvalue weighted by molar-refractivity contribution is 0.0848. The highest BCUT2D eigenvalue weighted by Crippen LogP contribution is 2.31. The molecule has 4 nitrogen and oxygen atoms in total. The van der Waals surface area contributed by atoms with Gasteiger partial charge in [-0.3, -0.25) is 19.5 Å². The zero-order chi connectivity index (χ0) is 13.0. The van der Waals surface area contributed by atoms with Gasteiger partial charge in [0.05, 0.1) is 0 Å². The molecule has 1 aromatic carbocycles. The van der Waals surface area contributed by atoms with E-state index in [0.29, 0.717) is 23.4 Å². The fourth-order valence-corrected chi connectivity index (χ4v) is 3.10. The molecule has 2 atom stereocenters. The molecule has 0 N–H and O–H groups in total. The van der Waals surface area contributed by atoms with E-state index in [1.807, 2.05) is 11.0 Å². The van der Waals surface area contributed by atoms with Gasteiger partial charge in [0.1, 0.15) is 17.9 Å². The topological polar surface area (TPSA) is 49.7 Å². The molecule has 0 saturated carbocycles. The summed E-state index contributed by atoms with van der Waals surface area (Å²) >= 11 is 0. The summed E-state index contributed by atoms with van der Waals surface area (Å²) in [6.45, 7) is 0.684. The van der Waals surface area contributed by atoms with Gasteiger partial charge in [-0.2, -0.15) is 0 Å². The molecule has 19 heavy (non-hydrogen) atoms. The molecule has 0 saturated heterocycles. The van der Waals surface area contributed by atoms with Crippen LogP contribution in [-0.4, -0.2) is 40.9 Å². The van der Waals surface area contributed by atoms with Crippen molar-refractivity contribution in [3.8, 4) is 0 Å². The zero-order valence-electron chi connectivity index (χ0n) is 10.2. The van der Waals surface area contributed by atoms with Crippen LogP contribution in [0.3, 0.4) is 0 Å². The van der Waals surface area contributed by atoms with Crippen LogP contribution in [0.4, 0.5) is 0 Å². The molecular formula is C15H12N2O2. The lowest BCUT2D eigenvalue weighted by atomic mass is 9.84. The predicted molar refractivity (Wildman–Crippen MR) is 70.6 cm³/mol. The molecular weight excluding hydrogens is 240 g/mol. The van der Waals surface area contributed by atoms with Gasteiger partial charge in [-0.15, -0.1) is 0 Å². The fraction of sp³-hybridized carbons (Fsp3) is 0.267. The third kappa shape index (κ3) is 1.35. The molecule has 0 fully saturated rings. The highest BCUT2D eigenvalue weighted by atomic mass is 16.1. The molecule has 0 amide bonds. The van der Waals surface area contributed by atoms with Crippen LogP contribution in [0.5, 0.6) is 0 Å². The predicted octanol–water partition coefficient (Wildman–Crippen LogP) is 1.48. The summed E-state index contributed by atoms with van der Waals surface area (Å²) in [6, 6.07) is 6.56. The van der Waals surface area contributed by atoms with Crippen LogP contribution in [0.25, 0.3) is 0 Å². The molecule has 1 aliphatic carbocycles. The van der Waals surface area contributed by atoms with Crippen LogP contribution in [-0.2, 0) is 0 Å². The van der Waals surface area contributed by atoms with E-state index < -0.39 is 6.04 Å². The van der Waals surface area contributed by atoms with Gasteiger partial charge >= 0.3 is 0 Å². The molecule has 2 aliphatic heterocycles. The van der Waals surface area contributed by atoms with Crippen LogP contribution in [0, 0.1) is 0 Å². The Kier molecular flexibility index (Phi) is 2.11. The Balaban J connectivity index is 1.88. The van der Waals surface area contributed by atoms with Crippen LogP contribution in [0.2, 0.25) is 0 Å². The number of carbonyl (C=O) groups is 2. The maximum Gasteiger partial charge on any atom is 0.209 e. The number of hydrogen-bond donors (Lipinski definition) is 0. The first-order valence-electron chi connectivity index (χ1n) is 6.44. The smallest absolute Gasteiger partial charge is 0.209 e. The second-order valence-corrected chi connectivity index (χ2v) is 5.04. The molecule has 0 bridgehead atoms. The highest BCUT2D eigenvalue weighted by Gasteiger charge is 2.47. The second-order valence-electron chi connectivity index (χ2n) is 5.04. The van der Waals surface area contributed by atoms with E-state index in [1.54, 1.807) is 24.3 Å². The number of hydrogen-bond acceptors (Lipinski definition) is 4. The van der Waals surface area contributed by atoms with E-state index in [-0.39, 0.29) is 17.7 Å². The van der Waals surface area contributed by atoms with Crippen LogP contribution >= 0.6 is 0 Å². The van der Waals surface area contributed by atoms with Gasteiger partial charge < -0.3 is 0 Å². The molecule has 3 aliphatic rings. The number of benzene rings is 1. The van der Waals surface area contributed by atoms with Crippen molar-refractivity contribution in [1.29, 1.82) is 0 Å². The average molecular weight is 252 g/mol. The molecule has 0 radical (unpaired) electrons. The number of nitrogens with zero attached hydrogens (tertiary/aromatic N) is 2. The Morgan fingerprint density at radius 3 is 2.74 bits per heavy atom. The third-order valence-electron chi connectivity index (χ3n) is 4.01. The van der Waals surface area contributed by atoms with Crippen molar-refractivity contribution < 1.29 is 9.59 Å². The van der Waals surface area contributed by atoms with Crippen molar-refractivity contribution in [3.63, 3.8) is 0 Å². The summed E-state index contributed by atoms with van der Waals surface area (Å²) < 4.78 is 0. The molecule has 2 unspecified atom stereocenters. The monoisotopic (exact) mass is 252 g/mol. The lowest BCUT2D eigenvalue weighted by Crippen LogP contribution is -2.50. The standard InChI is InChI=1S/C15H12N2O2/c18-14-9-5-1-2-6-10(9)15(19)13-12(14)16-11-7-3-4-8-17(11)13/h1-6,11,13H,7-8H2. The van der Waals surface area contributed by atoms with E-state index in [0.717, 1.165) is 6.42 Å². The Morgan fingerprint density at radius 1 is 1.11 bits per heavy atom. The van der Waals surface area contributed by atoms with Gasteiger partial charge in [-0.1, -0.05) is 36.4 Å². The molecule has 0 spiro atoms. The normalized spacial score (nSPS) is 28.7. The number of rotatable bonds is 0. The van der Waals surface area contributed by atoms with Gasteiger partial charge in [-0.25, -0.2) is 0 Å². The minimum Gasteiger partial charge on any atom is -0.292 e. The minimum absolute atomic E-state index is 0.00625. The molecule has 1 aromatic rings. The van der Waals surface area contributed by atoms with Gasteiger partial charge in [0.15, 0.2) is 5.78 Å². The zero-order valence-corrected chi connectivity index (χ0v) is 10.2. The van der Waals surface area contributed by atoms with Crippen molar-refractivity contribution in [2.45, 2.75) is 18.6 Å². The Hall–Kier alpha value is -2.07. The molecule has 4 heteroatoms. The molecule has 94 valence electrons. The van der Waals surface area contributed by atoms with E-state index in [4.69, 9.17) is 0 Å². The van der Waals surface area contributed by atoms with Crippen molar-refractivity contribution in [1.82, 2.24) is 4.90 Å². The number of ketones is 2. The Labute approximate surface area is 110 Å². The average Bonchev–Trinajstić information content (AvgIpc) is 2.84. The Morgan fingerprint density at radius 2 is 1.89 bits per heavy atom. The van der Waals surface area contributed by atoms with E-state index in [1.165, 1.54) is 0 Å². The summed E-state index contributed by atoms with van der Waals surface area (Å²) in [5.74, 6) is -0.0821. The number of carbonyl (C=O) groups excluding carboxylic acids is 2. The van der Waals surface area contributed by atoms with E-state index >= 15 is 0 Å². The first-order chi connectivity index (χ1) is 9.27. The second kappa shape index (κ2) is 3.71. The summed E-state index contributed by atoms with van der Waals surface area (Å²) in [5.41, 5.74) is 1.46.